The van der Waals surface area contributed by atoms with Gasteiger partial charge in [0.15, 0.2) is 10.9 Å². The first-order chi connectivity index (χ1) is 15.8. The van der Waals surface area contributed by atoms with Gasteiger partial charge in [-0.25, -0.2) is 0 Å². The number of nitrogens with zero attached hydrogens (tertiary/aromatic N) is 4. The quantitative estimate of drug-likeness (QED) is 0.309. The molecule has 9 heteroatoms. The number of rotatable bonds is 6. The Kier molecular flexibility index (Phi) is 7.02. The van der Waals surface area contributed by atoms with E-state index >= 15 is 0 Å². The van der Waals surface area contributed by atoms with Gasteiger partial charge in [-0.05, 0) is 56.2 Å². The normalized spacial score (nSPS) is 10.9. The zero-order valence-corrected chi connectivity index (χ0v) is 20.9. The smallest absolute Gasteiger partial charge is 0.176 e. The van der Waals surface area contributed by atoms with Gasteiger partial charge in [-0.3, -0.25) is 9.36 Å². The molecule has 0 unspecified atom stereocenters. The number of aromatic nitrogens is 4. The van der Waals surface area contributed by atoms with Crippen molar-refractivity contribution >= 4 is 52.0 Å². The fourth-order valence-corrected chi connectivity index (χ4v) is 4.12. The van der Waals surface area contributed by atoms with E-state index in [0.29, 0.717) is 34.1 Å². The Morgan fingerprint density at radius 2 is 1.58 bits per heavy atom. The van der Waals surface area contributed by atoms with Crippen molar-refractivity contribution in [1.82, 2.24) is 19.6 Å². The Labute approximate surface area is 208 Å². The van der Waals surface area contributed by atoms with Crippen LogP contribution in [-0.4, -0.2) is 24.7 Å². The topological polar surface area (TPSA) is 59.7 Å². The highest BCUT2D eigenvalue weighted by molar-refractivity contribution is 7.80. The first-order valence-corrected chi connectivity index (χ1v) is 11.6. The fraction of sp³-hybridized carbons (Fsp3) is 0.208. The van der Waals surface area contributed by atoms with E-state index in [-0.39, 0.29) is 0 Å². The molecular formula is C24H24Cl2N6S. The van der Waals surface area contributed by atoms with Crippen molar-refractivity contribution < 1.29 is 0 Å². The highest BCUT2D eigenvalue weighted by Gasteiger charge is 2.14. The molecule has 0 saturated heterocycles. The summed E-state index contributed by atoms with van der Waals surface area (Å²) in [6, 6.07) is 17.8. The molecule has 0 amide bonds. The van der Waals surface area contributed by atoms with Crippen LogP contribution >= 0.6 is 35.4 Å². The second-order valence-corrected chi connectivity index (χ2v) is 9.07. The van der Waals surface area contributed by atoms with Crippen LogP contribution in [-0.2, 0) is 13.1 Å². The van der Waals surface area contributed by atoms with Gasteiger partial charge in [0, 0.05) is 11.8 Å². The van der Waals surface area contributed by atoms with E-state index in [1.54, 1.807) is 6.07 Å². The lowest BCUT2D eigenvalue weighted by atomic mass is 10.2. The molecule has 0 aliphatic carbocycles. The van der Waals surface area contributed by atoms with Crippen LogP contribution < -0.4 is 10.6 Å². The van der Waals surface area contributed by atoms with Crippen molar-refractivity contribution in [3.8, 4) is 0 Å². The monoisotopic (exact) mass is 498 g/mol. The van der Waals surface area contributed by atoms with Gasteiger partial charge in [-0.15, -0.1) is 0 Å². The van der Waals surface area contributed by atoms with Crippen molar-refractivity contribution in [1.29, 1.82) is 0 Å². The third-order valence-corrected chi connectivity index (χ3v) is 6.28. The standard InChI is InChI=1S/C24H24Cl2N6S/c1-15-11-22(30-31(15)13-18-7-5-4-6-8-18)27-24(33)28-23-16(2)29-32(17(23)3)14-19-9-10-20(25)21(26)12-19/h4-12H,13-14H2,1-3H3,(H2,27,28,30,33). The number of thiocarbonyl (C=S) groups is 1. The van der Waals surface area contributed by atoms with Crippen molar-refractivity contribution in [3.63, 3.8) is 0 Å². The summed E-state index contributed by atoms with van der Waals surface area (Å²) in [5.74, 6) is 0.694. The van der Waals surface area contributed by atoms with Gasteiger partial charge < -0.3 is 10.6 Å². The van der Waals surface area contributed by atoms with Gasteiger partial charge in [0.25, 0.3) is 0 Å². The number of aryl methyl sites for hydroxylation is 2. The summed E-state index contributed by atoms with van der Waals surface area (Å²) < 4.78 is 3.87. The molecule has 0 bridgehead atoms. The summed E-state index contributed by atoms with van der Waals surface area (Å²) in [4.78, 5) is 0. The zero-order chi connectivity index (χ0) is 23.5. The fourth-order valence-electron chi connectivity index (χ4n) is 3.59. The lowest BCUT2D eigenvalue weighted by Crippen LogP contribution is -2.20. The van der Waals surface area contributed by atoms with Crippen molar-refractivity contribution in [2.75, 3.05) is 10.6 Å². The minimum atomic E-state index is 0.458. The van der Waals surface area contributed by atoms with E-state index in [4.69, 9.17) is 35.4 Å². The summed E-state index contributed by atoms with van der Waals surface area (Å²) in [5, 5.41) is 17.3. The zero-order valence-electron chi connectivity index (χ0n) is 18.6. The molecule has 2 heterocycles. The maximum absolute atomic E-state index is 6.15. The summed E-state index contributed by atoms with van der Waals surface area (Å²) in [7, 11) is 0. The maximum atomic E-state index is 6.15. The lowest BCUT2D eigenvalue weighted by Gasteiger charge is -2.10. The lowest BCUT2D eigenvalue weighted by molar-refractivity contribution is 0.659. The highest BCUT2D eigenvalue weighted by Crippen LogP contribution is 2.25. The molecule has 4 rings (SSSR count). The van der Waals surface area contributed by atoms with Gasteiger partial charge in [-0.1, -0.05) is 59.6 Å². The number of nitrogens with one attached hydrogen (secondary N) is 2. The Hall–Kier alpha value is -2.87. The molecular weight excluding hydrogens is 475 g/mol. The summed E-state index contributed by atoms with van der Waals surface area (Å²) in [5.41, 5.74) is 5.94. The maximum Gasteiger partial charge on any atom is 0.176 e. The first-order valence-electron chi connectivity index (χ1n) is 10.4. The summed E-state index contributed by atoms with van der Waals surface area (Å²) in [6.07, 6.45) is 0. The van der Waals surface area contributed by atoms with Gasteiger partial charge in [-0.2, -0.15) is 10.2 Å². The number of benzene rings is 2. The first kappa shape index (κ1) is 23.3. The van der Waals surface area contributed by atoms with E-state index in [1.165, 1.54) is 5.56 Å². The molecule has 0 radical (unpaired) electrons. The molecule has 2 N–H and O–H groups in total. The molecule has 6 nitrogen and oxygen atoms in total. The Balaban J connectivity index is 1.43. The second kappa shape index (κ2) is 9.95. The Morgan fingerprint density at radius 3 is 2.30 bits per heavy atom. The SMILES string of the molecule is Cc1nn(Cc2ccc(Cl)c(Cl)c2)c(C)c1NC(=S)Nc1cc(C)n(Cc2ccccc2)n1. The third kappa shape index (κ3) is 5.55. The number of hydrogen-bond donors (Lipinski definition) is 2. The van der Waals surface area contributed by atoms with E-state index in [9.17, 15) is 0 Å². The third-order valence-electron chi connectivity index (χ3n) is 5.33. The number of anilines is 2. The number of halogens is 2. The molecule has 0 spiro atoms. The van der Waals surface area contributed by atoms with E-state index in [0.717, 1.165) is 28.3 Å². The molecule has 2 aromatic heterocycles. The molecule has 33 heavy (non-hydrogen) atoms. The van der Waals surface area contributed by atoms with Crippen LogP contribution in [0, 0.1) is 20.8 Å². The predicted octanol–water partition coefficient (Wildman–Crippen LogP) is 6.22. The van der Waals surface area contributed by atoms with Gasteiger partial charge in [0.1, 0.15) is 0 Å². The van der Waals surface area contributed by atoms with E-state index in [1.807, 2.05) is 66.5 Å². The van der Waals surface area contributed by atoms with Gasteiger partial charge in [0.05, 0.1) is 40.2 Å². The van der Waals surface area contributed by atoms with Gasteiger partial charge in [0.2, 0.25) is 0 Å². The minimum Gasteiger partial charge on any atom is -0.329 e. The van der Waals surface area contributed by atoms with Crippen LogP contribution in [0.4, 0.5) is 11.5 Å². The average Bonchev–Trinajstić information content (AvgIpc) is 3.24. The van der Waals surface area contributed by atoms with Crippen LogP contribution in [0.15, 0.2) is 54.6 Å². The van der Waals surface area contributed by atoms with E-state index in [2.05, 4.69) is 33.0 Å². The van der Waals surface area contributed by atoms with E-state index < -0.39 is 0 Å². The molecule has 0 aliphatic heterocycles. The molecule has 170 valence electrons. The highest BCUT2D eigenvalue weighted by atomic mass is 35.5. The van der Waals surface area contributed by atoms with Crippen molar-refractivity contribution in [2.24, 2.45) is 0 Å². The molecule has 0 fully saturated rings. The summed E-state index contributed by atoms with van der Waals surface area (Å²) in [6.45, 7) is 7.25. The number of hydrogen-bond acceptors (Lipinski definition) is 3. The predicted molar refractivity (Wildman–Crippen MR) is 140 cm³/mol. The van der Waals surface area contributed by atoms with Crippen LogP contribution in [0.1, 0.15) is 28.2 Å². The van der Waals surface area contributed by atoms with Crippen LogP contribution in [0.3, 0.4) is 0 Å². The molecule has 0 saturated carbocycles. The summed E-state index contributed by atoms with van der Waals surface area (Å²) >= 11 is 17.7. The van der Waals surface area contributed by atoms with Crippen molar-refractivity contribution in [3.05, 3.63) is 92.9 Å². The largest absolute Gasteiger partial charge is 0.329 e. The molecule has 0 aliphatic rings. The molecule has 0 atom stereocenters. The van der Waals surface area contributed by atoms with Crippen molar-refractivity contribution in [2.45, 2.75) is 33.9 Å². The molecule has 2 aromatic carbocycles. The second-order valence-electron chi connectivity index (χ2n) is 7.85. The van der Waals surface area contributed by atoms with Gasteiger partial charge >= 0.3 is 0 Å². The minimum absolute atomic E-state index is 0.458. The molecule has 4 aromatic rings. The van der Waals surface area contributed by atoms with Crippen LogP contribution in [0.5, 0.6) is 0 Å². The Morgan fingerprint density at radius 1 is 0.848 bits per heavy atom. The van der Waals surface area contributed by atoms with Crippen LogP contribution in [0.2, 0.25) is 10.0 Å². The Bertz CT molecular complexity index is 1300. The average molecular weight is 499 g/mol. The van der Waals surface area contributed by atoms with Crippen LogP contribution in [0.25, 0.3) is 0 Å².